The van der Waals surface area contributed by atoms with Crippen molar-refractivity contribution in [3.63, 3.8) is 0 Å². The van der Waals surface area contributed by atoms with E-state index in [1.807, 2.05) is 7.11 Å². The van der Waals surface area contributed by atoms with E-state index in [9.17, 15) is 0 Å². The number of benzene rings is 1. The van der Waals surface area contributed by atoms with Gasteiger partial charge in [-0.3, -0.25) is 0 Å². The molecule has 0 aliphatic heterocycles. The Morgan fingerprint density at radius 1 is 1.24 bits per heavy atom. The van der Waals surface area contributed by atoms with Crippen LogP contribution in [0.3, 0.4) is 0 Å². The van der Waals surface area contributed by atoms with Crippen molar-refractivity contribution in [1.29, 1.82) is 0 Å². The van der Waals surface area contributed by atoms with Gasteiger partial charge < -0.3 is 0 Å². The summed E-state index contributed by atoms with van der Waals surface area (Å²) in [5.41, 5.74) is 0. The molecule has 0 heterocycles. The van der Waals surface area contributed by atoms with Crippen molar-refractivity contribution >= 4 is 31.0 Å². The van der Waals surface area contributed by atoms with Gasteiger partial charge in [0.15, 0.2) is 0 Å². The first kappa shape index (κ1) is 12.0. The maximum absolute atomic E-state index is 6.63. The molecule has 1 nitrogen and oxygen atoms in total. The van der Waals surface area contributed by atoms with Crippen molar-refractivity contribution < 1.29 is 4.74 Å². The average molecular weight is 316 g/mol. The van der Waals surface area contributed by atoms with Gasteiger partial charge in [0, 0.05) is 0 Å². The van der Waals surface area contributed by atoms with Crippen molar-refractivity contribution in [3.05, 3.63) is 30.3 Å². The van der Waals surface area contributed by atoms with Crippen LogP contribution >= 0.6 is 11.6 Å². The molecule has 92 valence electrons. The molecule has 0 unspecified atom stereocenters. The van der Waals surface area contributed by atoms with Crippen molar-refractivity contribution in [2.75, 3.05) is 7.11 Å². The standard InChI is InChI=1S/C14H17ClOSe/c1-16-12-8-9-7-11(12)13(15)14(9)17-10-5-3-2-4-6-10/h2-6,9,11-14H,7-8H2,1H3/t9-,11+,12+,13-,14-/m1/s1. The molecule has 0 radical (unpaired) electrons. The number of hydrogen-bond donors (Lipinski definition) is 0. The van der Waals surface area contributed by atoms with Crippen LogP contribution < -0.4 is 4.46 Å². The molecule has 1 aromatic carbocycles. The molecule has 3 heteroatoms. The summed E-state index contributed by atoms with van der Waals surface area (Å²) in [6, 6.07) is 10.8. The predicted octanol–water partition coefficient (Wildman–Crippen LogP) is 2.47. The number of hydrogen-bond acceptors (Lipinski definition) is 1. The van der Waals surface area contributed by atoms with Gasteiger partial charge in [0.2, 0.25) is 0 Å². The van der Waals surface area contributed by atoms with Crippen LogP contribution in [0.15, 0.2) is 30.3 Å². The number of rotatable bonds is 3. The summed E-state index contributed by atoms with van der Waals surface area (Å²) < 4.78 is 7.02. The molecule has 3 rings (SSSR count). The van der Waals surface area contributed by atoms with Gasteiger partial charge in [-0.05, 0) is 0 Å². The Balaban J connectivity index is 1.71. The van der Waals surface area contributed by atoms with Gasteiger partial charge >= 0.3 is 114 Å². The summed E-state index contributed by atoms with van der Waals surface area (Å²) in [6.45, 7) is 0. The molecule has 0 aromatic heterocycles. The second-order valence-corrected chi connectivity index (χ2v) is 8.14. The van der Waals surface area contributed by atoms with Crippen LogP contribution in [-0.2, 0) is 4.74 Å². The van der Waals surface area contributed by atoms with Crippen LogP contribution in [0.1, 0.15) is 12.8 Å². The first-order valence-electron chi connectivity index (χ1n) is 6.18. The van der Waals surface area contributed by atoms with Gasteiger partial charge in [-0.25, -0.2) is 0 Å². The van der Waals surface area contributed by atoms with Crippen LogP contribution in [0.2, 0.25) is 4.82 Å². The SMILES string of the molecule is CO[C@H]1C[C@H]2C[C@@H]1[C@@H](Cl)[C@@H]2[Se]c1ccccc1. The Morgan fingerprint density at radius 3 is 2.65 bits per heavy atom. The van der Waals surface area contributed by atoms with Crippen molar-refractivity contribution in [2.45, 2.75) is 29.1 Å². The van der Waals surface area contributed by atoms with Crippen LogP contribution in [0.4, 0.5) is 0 Å². The molecule has 1 aromatic rings. The van der Waals surface area contributed by atoms with Crippen molar-refractivity contribution in [2.24, 2.45) is 11.8 Å². The summed E-state index contributed by atoms with van der Waals surface area (Å²) in [5.74, 6) is 1.40. The summed E-state index contributed by atoms with van der Waals surface area (Å²) in [5, 5.41) is 0.332. The summed E-state index contributed by atoms with van der Waals surface area (Å²) in [4.78, 5) is 0.711. The quantitative estimate of drug-likeness (QED) is 0.615. The fraction of sp³-hybridized carbons (Fsp3) is 0.571. The summed E-state index contributed by atoms with van der Waals surface area (Å²) in [7, 11) is 1.83. The van der Waals surface area contributed by atoms with E-state index in [-0.39, 0.29) is 0 Å². The molecule has 2 bridgehead atoms. The minimum atomic E-state index is 0.332. The van der Waals surface area contributed by atoms with Gasteiger partial charge in [0.1, 0.15) is 0 Å². The first-order chi connectivity index (χ1) is 8.29. The van der Waals surface area contributed by atoms with Crippen molar-refractivity contribution in [3.8, 4) is 0 Å². The van der Waals surface area contributed by atoms with Crippen LogP contribution in [-0.4, -0.2) is 33.5 Å². The number of ether oxygens (including phenoxy) is 1. The maximum atomic E-state index is 6.63. The summed E-state index contributed by atoms with van der Waals surface area (Å²) in [6.07, 6.45) is 2.93. The Morgan fingerprint density at radius 2 is 2.00 bits per heavy atom. The third-order valence-electron chi connectivity index (χ3n) is 4.09. The molecule has 0 spiro atoms. The topological polar surface area (TPSA) is 9.23 Å². The van der Waals surface area contributed by atoms with Gasteiger partial charge in [0.05, 0.1) is 0 Å². The number of fused-ring (bicyclic) bond motifs is 2. The molecular formula is C14H17ClOSe. The minimum absolute atomic E-state index is 0.332. The first-order valence-corrected chi connectivity index (χ1v) is 8.46. The van der Waals surface area contributed by atoms with E-state index in [1.165, 1.54) is 17.3 Å². The van der Waals surface area contributed by atoms with Gasteiger partial charge in [-0.2, -0.15) is 0 Å². The van der Waals surface area contributed by atoms with E-state index < -0.39 is 0 Å². The zero-order valence-electron chi connectivity index (χ0n) is 9.88. The monoisotopic (exact) mass is 316 g/mol. The van der Waals surface area contributed by atoms with E-state index >= 15 is 0 Å². The number of halogens is 1. The number of methoxy groups -OCH3 is 1. The van der Waals surface area contributed by atoms with E-state index in [2.05, 4.69) is 30.3 Å². The summed E-state index contributed by atoms with van der Waals surface area (Å²) >= 11 is 7.15. The van der Waals surface area contributed by atoms with Gasteiger partial charge in [0.25, 0.3) is 0 Å². The molecule has 5 atom stereocenters. The molecule has 0 N–H and O–H groups in total. The van der Waals surface area contributed by atoms with E-state index in [0.717, 1.165) is 5.92 Å². The van der Waals surface area contributed by atoms with Crippen molar-refractivity contribution in [1.82, 2.24) is 0 Å². The molecule has 0 saturated heterocycles. The third kappa shape index (κ3) is 2.17. The second kappa shape index (κ2) is 4.93. The van der Waals surface area contributed by atoms with Crippen LogP contribution in [0.25, 0.3) is 0 Å². The Bertz CT molecular complexity index is 379. The van der Waals surface area contributed by atoms with Crippen LogP contribution in [0.5, 0.6) is 0 Å². The Kier molecular flexibility index (Phi) is 3.49. The van der Waals surface area contributed by atoms with E-state index in [1.54, 1.807) is 0 Å². The van der Waals surface area contributed by atoms with Gasteiger partial charge in [-0.1, -0.05) is 0 Å². The number of alkyl halides is 1. The fourth-order valence-electron chi connectivity index (χ4n) is 3.27. The molecule has 2 aliphatic rings. The Labute approximate surface area is 114 Å². The predicted molar refractivity (Wildman–Crippen MR) is 72.2 cm³/mol. The molecular weight excluding hydrogens is 299 g/mol. The van der Waals surface area contributed by atoms with E-state index in [0.29, 0.717) is 37.2 Å². The normalized spacial score (nSPS) is 39.8. The zero-order chi connectivity index (χ0) is 11.8. The van der Waals surface area contributed by atoms with E-state index in [4.69, 9.17) is 16.3 Å². The third-order valence-corrected chi connectivity index (χ3v) is 8.16. The molecule has 2 saturated carbocycles. The second-order valence-electron chi connectivity index (χ2n) is 5.01. The molecule has 17 heavy (non-hydrogen) atoms. The fourth-order valence-corrected chi connectivity index (χ4v) is 6.89. The zero-order valence-corrected chi connectivity index (χ0v) is 12.4. The molecule has 2 fully saturated rings. The van der Waals surface area contributed by atoms with Crippen LogP contribution in [0, 0.1) is 11.8 Å². The Hall–Kier alpha value is -0.0105. The van der Waals surface area contributed by atoms with Gasteiger partial charge in [-0.15, -0.1) is 0 Å². The molecule has 0 amide bonds. The molecule has 2 aliphatic carbocycles. The average Bonchev–Trinajstić information content (AvgIpc) is 2.91.